The molecule has 4 heteroatoms. The van der Waals surface area contributed by atoms with E-state index in [0.717, 1.165) is 18.7 Å². The Balaban J connectivity index is 1.79. The van der Waals surface area contributed by atoms with Crippen molar-refractivity contribution in [3.8, 4) is 0 Å². The lowest BCUT2D eigenvalue weighted by atomic mass is 10.0. The van der Waals surface area contributed by atoms with Crippen molar-refractivity contribution in [3.63, 3.8) is 0 Å². The van der Waals surface area contributed by atoms with Crippen LogP contribution >= 0.6 is 0 Å². The van der Waals surface area contributed by atoms with E-state index in [1.165, 1.54) is 12.1 Å². The van der Waals surface area contributed by atoms with Gasteiger partial charge in [0, 0.05) is 0 Å². The summed E-state index contributed by atoms with van der Waals surface area (Å²) in [5.41, 5.74) is 0.504. The van der Waals surface area contributed by atoms with E-state index in [1.54, 1.807) is 12.1 Å². The Kier molecular flexibility index (Phi) is 2.05. The van der Waals surface area contributed by atoms with Gasteiger partial charge in [-0.3, -0.25) is 0 Å². The maximum absolute atomic E-state index is 12.4. The zero-order chi connectivity index (χ0) is 11.3. The van der Waals surface area contributed by atoms with E-state index in [9.17, 15) is 13.2 Å². The van der Waals surface area contributed by atoms with Gasteiger partial charge in [-0.1, -0.05) is 12.1 Å². The summed E-state index contributed by atoms with van der Waals surface area (Å²) < 4.78 is 37.1. The second-order valence-electron chi connectivity index (χ2n) is 4.63. The number of fused-ring (bicyclic) bond motifs is 1. The molecule has 1 aromatic carbocycles. The molecule has 1 nitrogen and oxygen atoms in total. The van der Waals surface area contributed by atoms with E-state index in [-0.39, 0.29) is 0 Å². The van der Waals surface area contributed by atoms with E-state index in [1.807, 2.05) is 0 Å². The standard InChI is InChI=1S/C12H12F3N/c13-12(14,15)8-3-1-7(2-4-8)11-9-5-16-6-10(9)11/h1-4,9-11,16H,5-6H2/t9-,10+,11?. The van der Waals surface area contributed by atoms with Crippen LogP contribution in [0.1, 0.15) is 17.0 Å². The van der Waals surface area contributed by atoms with Crippen LogP contribution in [0.3, 0.4) is 0 Å². The first-order valence-corrected chi connectivity index (χ1v) is 5.45. The van der Waals surface area contributed by atoms with Gasteiger partial charge < -0.3 is 5.32 Å². The molecule has 86 valence electrons. The zero-order valence-electron chi connectivity index (χ0n) is 8.59. The summed E-state index contributed by atoms with van der Waals surface area (Å²) in [6.07, 6.45) is -4.22. The number of alkyl halides is 3. The molecule has 0 aromatic heterocycles. The third kappa shape index (κ3) is 1.52. The molecule has 2 aliphatic rings. The molecule has 0 spiro atoms. The molecule has 1 aliphatic carbocycles. The number of nitrogens with one attached hydrogen (secondary N) is 1. The normalized spacial score (nSPS) is 32.6. The summed E-state index contributed by atoms with van der Waals surface area (Å²) >= 11 is 0. The molecule has 1 saturated carbocycles. The minimum atomic E-state index is -4.22. The molecule has 16 heavy (non-hydrogen) atoms. The Morgan fingerprint density at radius 3 is 2.06 bits per heavy atom. The topological polar surface area (TPSA) is 12.0 Å². The van der Waals surface area contributed by atoms with Crippen LogP contribution in [0, 0.1) is 11.8 Å². The van der Waals surface area contributed by atoms with Gasteiger partial charge in [-0.25, -0.2) is 0 Å². The lowest BCUT2D eigenvalue weighted by molar-refractivity contribution is -0.137. The van der Waals surface area contributed by atoms with Crippen molar-refractivity contribution in [2.75, 3.05) is 13.1 Å². The molecule has 1 aliphatic heterocycles. The fourth-order valence-electron chi connectivity index (χ4n) is 2.81. The van der Waals surface area contributed by atoms with Crippen LogP contribution in [0.5, 0.6) is 0 Å². The van der Waals surface area contributed by atoms with E-state index in [0.29, 0.717) is 17.8 Å². The Morgan fingerprint density at radius 2 is 1.56 bits per heavy atom. The summed E-state index contributed by atoms with van der Waals surface area (Å²) in [6, 6.07) is 5.64. The van der Waals surface area contributed by atoms with E-state index >= 15 is 0 Å². The van der Waals surface area contributed by atoms with Crippen LogP contribution in [0.2, 0.25) is 0 Å². The van der Waals surface area contributed by atoms with E-state index in [2.05, 4.69) is 5.32 Å². The zero-order valence-corrected chi connectivity index (χ0v) is 8.59. The molecule has 1 aromatic rings. The van der Waals surface area contributed by atoms with Crippen LogP contribution in [-0.4, -0.2) is 13.1 Å². The second-order valence-corrected chi connectivity index (χ2v) is 4.63. The number of hydrogen-bond acceptors (Lipinski definition) is 1. The Hall–Kier alpha value is -1.03. The molecule has 2 fully saturated rings. The van der Waals surface area contributed by atoms with Crippen LogP contribution in [-0.2, 0) is 6.18 Å². The van der Waals surface area contributed by atoms with Gasteiger partial charge in [0.1, 0.15) is 0 Å². The van der Waals surface area contributed by atoms with Gasteiger partial charge >= 0.3 is 6.18 Å². The summed E-state index contributed by atoms with van der Waals surface area (Å²) in [4.78, 5) is 0. The maximum Gasteiger partial charge on any atom is 0.416 e. The molecule has 3 rings (SSSR count). The first-order chi connectivity index (χ1) is 7.57. The van der Waals surface area contributed by atoms with Crippen molar-refractivity contribution in [3.05, 3.63) is 35.4 Å². The van der Waals surface area contributed by atoms with E-state index < -0.39 is 11.7 Å². The Morgan fingerprint density at radius 1 is 1.00 bits per heavy atom. The highest BCUT2D eigenvalue weighted by Crippen LogP contribution is 2.55. The number of piperidine rings is 1. The average molecular weight is 227 g/mol. The monoisotopic (exact) mass is 227 g/mol. The fraction of sp³-hybridized carbons (Fsp3) is 0.500. The second kappa shape index (κ2) is 3.23. The van der Waals surface area contributed by atoms with Gasteiger partial charge in [0.15, 0.2) is 0 Å². The third-order valence-corrected chi connectivity index (χ3v) is 3.71. The first kappa shape index (κ1) is 10.1. The van der Waals surface area contributed by atoms with Crippen molar-refractivity contribution in [1.29, 1.82) is 0 Å². The molecule has 1 heterocycles. The highest BCUT2D eigenvalue weighted by Gasteiger charge is 2.53. The Bertz CT molecular complexity index is 386. The summed E-state index contributed by atoms with van der Waals surface area (Å²) in [5, 5.41) is 3.28. The van der Waals surface area contributed by atoms with Gasteiger partial charge in [0.25, 0.3) is 0 Å². The molecule has 0 amide bonds. The van der Waals surface area contributed by atoms with Crippen molar-refractivity contribution in [1.82, 2.24) is 5.32 Å². The summed E-state index contributed by atoms with van der Waals surface area (Å²) in [5.74, 6) is 1.79. The van der Waals surface area contributed by atoms with E-state index in [4.69, 9.17) is 0 Å². The van der Waals surface area contributed by atoms with Gasteiger partial charge in [-0.15, -0.1) is 0 Å². The van der Waals surface area contributed by atoms with Crippen LogP contribution in [0.4, 0.5) is 13.2 Å². The highest BCUT2D eigenvalue weighted by atomic mass is 19.4. The molecular weight excluding hydrogens is 215 g/mol. The molecular formula is C12H12F3N. The van der Waals surface area contributed by atoms with Crippen molar-refractivity contribution in [2.24, 2.45) is 11.8 Å². The van der Waals surface area contributed by atoms with Gasteiger partial charge in [-0.2, -0.15) is 13.2 Å². The van der Waals surface area contributed by atoms with Crippen LogP contribution < -0.4 is 5.32 Å². The predicted octanol–water partition coefficient (Wildman–Crippen LogP) is 2.64. The van der Waals surface area contributed by atoms with Crippen molar-refractivity contribution in [2.45, 2.75) is 12.1 Å². The third-order valence-electron chi connectivity index (χ3n) is 3.71. The molecule has 0 radical (unpaired) electrons. The minimum Gasteiger partial charge on any atom is -0.316 e. The van der Waals surface area contributed by atoms with Gasteiger partial charge in [0.2, 0.25) is 0 Å². The molecule has 3 atom stereocenters. The van der Waals surface area contributed by atoms with Gasteiger partial charge in [-0.05, 0) is 48.5 Å². The van der Waals surface area contributed by atoms with Crippen LogP contribution in [0.15, 0.2) is 24.3 Å². The molecule has 1 N–H and O–H groups in total. The Labute approximate surface area is 91.7 Å². The lowest BCUT2D eigenvalue weighted by Crippen LogP contribution is -2.14. The quantitative estimate of drug-likeness (QED) is 0.777. The van der Waals surface area contributed by atoms with Crippen LogP contribution in [0.25, 0.3) is 0 Å². The van der Waals surface area contributed by atoms with Crippen molar-refractivity contribution >= 4 is 0 Å². The molecule has 0 bridgehead atoms. The smallest absolute Gasteiger partial charge is 0.316 e. The maximum atomic E-state index is 12.4. The highest BCUT2D eigenvalue weighted by molar-refractivity contribution is 5.33. The lowest BCUT2D eigenvalue weighted by Gasteiger charge is -2.08. The minimum absolute atomic E-state index is 0.489. The van der Waals surface area contributed by atoms with Gasteiger partial charge in [0.05, 0.1) is 5.56 Å². The number of benzene rings is 1. The van der Waals surface area contributed by atoms with Crippen molar-refractivity contribution < 1.29 is 13.2 Å². The first-order valence-electron chi connectivity index (χ1n) is 5.45. The SMILES string of the molecule is FC(F)(F)c1ccc(C2[C@H]3CNC[C@@H]23)cc1. The molecule has 1 saturated heterocycles. The molecule has 1 unspecified atom stereocenters. The summed E-state index contributed by atoms with van der Waals surface area (Å²) in [7, 11) is 0. The number of halogens is 3. The number of rotatable bonds is 1. The number of hydrogen-bond donors (Lipinski definition) is 1. The fourth-order valence-corrected chi connectivity index (χ4v) is 2.81. The average Bonchev–Trinajstić information content (AvgIpc) is 2.71. The largest absolute Gasteiger partial charge is 0.416 e. The predicted molar refractivity (Wildman–Crippen MR) is 54.0 cm³/mol. The summed E-state index contributed by atoms with van der Waals surface area (Å²) in [6.45, 7) is 2.02.